The van der Waals surface area contributed by atoms with Crippen molar-refractivity contribution in [3.8, 4) is 84.9 Å². The summed E-state index contributed by atoms with van der Waals surface area (Å²) < 4.78 is 7.13. The fourth-order valence-electron chi connectivity index (χ4n) is 8.96. The highest BCUT2D eigenvalue weighted by Crippen LogP contribution is 2.63. The van der Waals surface area contributed by atoms with Crippen molar-refractivity contribution in [1.82, 2.24) is 9.97 Å². The molecular formula is C54H33N3O. The standard InChI is InChI=1S/C54H33N3O/c55-34-35-22-24-36(25-23-35)37-26-28-38(29-27-37)42-18-11-21-47-52(42)58-51-31-30-41(32-48(51)54(47)45-19-9-7-16-43(45)44-17-8-10-20-46(44)54)50-33-49(39-12-3-1-4-13-39)56-53(57-50)40-14-5-2-6-15-40/h1-33H. The van der Waals surface area contributed by atoms with E-state index in [-0.39, 0.29) is 0 Å². The van der Waals surface area contributed by atoms with E-state index in [9.17, 15) is 5.26 Å². The molecular weight excluding hydrogens is 707 g/mol. The maximum atomic E-state index is 9.30. The number of benzene rings is 8. The molecule has 9 aromatic rings. The van der Waals surface area contributed by atoms with Gasteiger partial charge < -0.3 is 4.74 Å². The van der Waals surface area contributed by atoms with E-state index < -0.39 is 5.41 Å². The molecule has 4 heteroatoms. The van der Waals surface area contributed by atoms with Gasteiger partial charge in [-0.15, -0.1) is 0 Å². The van der Waals surface area contributed by atoms with Gasteiger partial charge in [-0.3, -0.25) is 0 Å². The third-order valence-corrected chi connectivity index (χ3v) is 11.6. The lowest BCUT2D eigenvalue weighted by molar-refractivity contribution is 0.438. The van der Waals surface area contributed by atoms with Crippen LogP contribution in [0.2, 0.25) is 0 Å². The van der Waals surface area contributed by atoms with Crippen molar-refractivity contribution in [3.63, 3.8) is 0 Å². The number of rotatable bonds is 5. The average molecular weight is 740 g/mol. The molecule has 0 fully saturated rings. The molecule has 0 unspecified atom stereocenters. The van der Waals surface area contributed by atoms with Crippen LogP contribution in [0, 0.1) is 11.3 Å². The van der Waals surface area contributed by atoms with Crippen LogP contribution < -0.4 is 4.74 Å². The Kier molecular flexibility index (Phi) is 7.74. The van der Waals surface area contributed by atoms with E-state index >= 15 is 0 Å². The largest absolute Gasteiger partial charge is 0.456 e. The quantitative estimate of drug-likeness (QED) is 0.176. The van der Waals surface area contributed by atoms with Gasteiger partial charge in [-0.2, -0.15) is 5.26 Å². The molecule has 1 aliphatic heterocycles. The summed E-state index contributed by atoms with van der Waals surface area (Å²) in [6.07, 6.45) is 0. The Bertz CT molecular complexity index is 2970. The smallest absolute Gasteiger partial charge is 0.160 e. The van der Waals surface area contributed by atoms with Crippen LogP contribution in [0.3, 0.4) is 0 Å². The number of hydrogen-bond donors (Lipinski definition) is 0. The van der Waals surface area contributed by atoms with E-state index in [1.54, 1.807) is 0 Å². The van der Waals surface area contributed by atoms with Crippen LogP contribution in [0.1, 0.15) is 27.8 Å². The van der Waals surface area contributed by atoms with Gasteiger partial charge in [-0.25, -0.2) is 9.97 Å². The maximum absolute atomic E-state index is 9.30. The summed E-state index contributed by atoms with van der Waals surface area (Å²) >= 11 is 0. The summed E-state index contributed by atoms with van der Waals surface area (Å²) in [7, 11) is 0. The van der Waals surface area contributed by atoms with E-state index in [0.29, 0.717) is 11.4 Å². The molecule has 0 saturated heterocycles. The van der Waals surface area contributed by atoms with Crippen LogP contribution in [0.5, 0.6) is 11.5 Å². The minimum Gasteiger partial charge on any atom is -0.456 e. The molecule has 1 aliphatic carbocycles. The lowest BCUT2D eigenvalue weighted by Gasteiger charge is -2.40. The summed E-state index contributed by atoms with van der Waals surface area (Å²) in [5.41, 5.74) is 16.0. The molecule has 0 amide bonds. The predicted molar refractivity (Wildman–Crippen MR) is 231 cm³/mol. The monoisotopic (exact) mass is 739 g/mol. The number of nitriles is 1. The normalized spacial score (nSPS) is 12.7. The Labute approximate surface area is 337 Å². The minimum atomic E-state index is -0.665. The first kappa shape index (κ1) is 33.5. The van der Waals surface area contributed by atoms with Gasteiger partial charge in [-0.05, 0) is 75.3 Å². The summed E-state index contributed by atoms with van der Waals surface area (Å²) in [6.45, 7) is 0. The molecule has 2 aliphatic rings. The first-order valence-electron chi connectivity index (χ1n) is 19.5. The van der Waals surface area contributed by atoms with Crippen LogP contribution >= 0.6 is 0 Å². The van der Waals surface area contributed by atoms with Crippen molar-refractivity contribution < 1.29 is 4.74 Å². The lowest BCUT2D eigenvalue weighted by atomic mass is 9.65. The second kappa shape index (κ2) is 13.4. The van der Waals surface area contributed by atoms with Crippen molar-refractivity contribution in [1.29, 1.82) is 5.26 Å². The zero-order valence-corrected chi connectivity index (χ0v) is 31.3. The van der Waals surface area contributed by atoms with Gasteiger partial charge in [0.1, 0.15) is 11.5 Å². The Morgan fingerprint density at radius 1 is 0.397 bits per heavy atom. The third-order valence-electron chi connectivity index (χ3n) is 11.6. The number of ether oxygens (including phenoxy) is 1. The molecule has 8 aromatic carbocycles. The van der Waals surface area contributed by atoms with Crippen molar-refractivity contribution in [2.45, 2.75) is 5.41 Å². The fraction of sp³-hybridized carbons (Fsp3) is 0.0185. The SMILES string of the molecule is N#Cc1ccc(-c2ccc(-c3cccc4c3Oc3ccc(-c5cc(-c6ccccc6)nc(-c6ccccc6)n5)cc3C43c4ccccc4-c4ccccc43)cc2)cc1. The number of para-hydroxylation sites is 1. The second-order valence-corrected chi connectivity index (χ2v) is 14.8. The number of aromatic nitrogens is 2. The summed E-state index contributed by atoms with van der Waals surface area (Å²) in [6, 6.07) is 71.9. The van der Waals surface area contributed by atoms with E-state index in [1.807, 2.05) is 60.7 Å². The number of hydrogen-bond acceptors (Lipinski definition) is 4. The van der Waals surface area contributed by atoms with Crippen molar-refractivity contribution in [3.05, 3.63) is 228 Å². The Morgan fingerprint density at radius 3 is 1.57 bits per heavy atom. The zero-order chi connectivity index (χ0) is 38.6. The second-order valence-electron chi connectivity index (χ2n) is 14.8. The molecule has 4 nitrogen and oxygen atoms in total. The fourth-order valence-corrected chi connectivity index (χ4v) is 8.96. The van der Waals surface area contributed by atoms with Gasteiger partial charge in [0, 0.05) is 33.4 Å². The molecule has 11 rings (SSSR count). The number of fused-ring (bicyclic) bond motifs is 9. The zero-order valence-electron chi connectivity index (χ0n) is 31.3. The molecule has 0 atom stereocenters. The minimum absolute atomic E-state index is 0.649. The van der Waals surface area contributed by atoms with E-state index in [2.05, 4.69) is 146 Å². The summed E-state index contributed by atoms with van der Waals surface area (Å²) in [5, 5.41) is 9.30. The van der Waals surface area contributed by atoms with Crippen LogP contribution in [0.4, 0.5) is 0 Å². The maximum Gasteiger partial charge on any atom is 0.160 e. The van der Waals surface area contributed by atoms with Gasteiger partial charge in [0.05, 0.1) is 28.4 Å². The van der Waals surface area contributed by atoms with Crippen LogP contribution in [-0.4, -0.2) is 9.97 Å². The molecule has 2 heterocycles. The molecule has 0 saturated carbocycles. The first-order chi connectivity index (χ1) is 28.7. The molecule has 1 aromatic heterocycles. The van der Waals surface area contributed by atoms with Gasteiger partial charge in [0.25, 0.3) is 0 Å². The number of nitrogens with zero attached hydrogens (tertiary/aromatic N) is 3. The molecule has 58 heavy (non-hydrogen) atoms. The van der Waals surface area contributed by atoms with Crippen molar-refractivity contribution in [2.24, 2.45) is 0 Å². The van der Waals surface area contributed by atoms with Crippen molar-refractivity contribution >= 4 is 0 Å². The summed E-state index contributed by atoms with van der Waals surface area (Å²) in [4.78, 5) is 10.3. The average Bonchev–Trinajstić information content (AvgIpc) is 3.60. The van der Waals surface area contributed by atoms with Crippen LogP contribution in [0.15, 0.2) is 200 Å². The molecule has 1 spiro atoms. The molecule has 270 valence electrons. The Morgan fingerprint density at radius 2 is 0.914 bits per heavy atom. The van der Waals surface area contributed by atoms with E-state index in [0.717, 1.165) is 73.0 Å². The van der Waals surface area contributed by atoms with E-state index in [4.69, 9.17) is 14.7 Å². The first-order valence-corrected chi connectivity index (χ1v) is 19.5. The van der Waals surface area contributed by atoms with Gasteiger partial charge in [0.15, 0.2) is 5.82 Å². The summed E-state index contributed by atoms with van der Waals surface area (Å²) in [5.74, 6) is 2.34. The highest BCUT2D eigenvalue weighted by atomic mass is 16.5. The van der Waals surface area contributed by atoms with Crippen LogP contribution in [-0.2, 0) is 5.41 Å². The van der Waals surface area contributed by atoms with Crippen molar-refractivity contribution in [2.75, 3.05) is 0 Å². The molecule has 0 bridgehead atoms. The van der Waals surface area contributed by atoms with E-state index in [1.165, 1.54) is 22.3 Å². The van der Waals surface area contributed by atoms with Gasteiger partial charge >= 0.3 is 0 Å². The predicted octanol–water partition coefficient (Wildman–Crippen LogP) is 13.2. The van der Waals surface area contributed by atoms with Gasteiger partial charge in [0.2, 0.25) is 0 Å². The Hall–Kier alpha value is -7.87. The topological polar surface area (TPSA) is 58.8 Å². The Balaban J connectivity index is 1.12. The molecule has 0 radical (unpaired) electrons. The lowest BCUT2D eigenvalue weighted by Crippen LogP contribution is -2.32. The van der Waals surface area contributed by atoms with Crippen LogP contribution in [0.25, 0.3) is 67.3 Å². The highest BCUT2D eigenvalue weighted by molar-refractivity contribution is 5.91. The highest BCUT2D eigenvalue weighted by Gasteiger charge is 2.51. The third kappa shape index (κ3) is 5.22. The molecule has 0 N–H and O–H groups in total. The van der Waals surface area contributed by atoms with Gasteiger partial charge in [-0.1, -0.05) is 164 Å².